The predicted octanol–water partition coefficient (Wildman–Crippen LogP) is 1.81. The normalized spacial score (nSPS) is 24.1. The first-order valence-corrected chi connectivity index (χ1v) is 5.82. The second-order valence-corrected chi connectivity index (χ2v) is 4.75. The van der Waals surface area contributed by atoms with Gasteiger partial charge < -0.3 is 15.0 Å². The molecule has 15 heavy (non-hydrogen) atoms. The fourth-order valence-electron chi connectivity index (χ4n) is 1.58. The molecule has 2 atom stereocenters. The van der Waals surface area contributed by atoms with Crippen LogP contribution in [0.3, 0.4) is 0 Å². The Balaban J connectivity index is 2.39. The zero-order chi connectivity index (χ0) is 11.4. The smallest absolute Gasteiger partial charge is 0.0942 e. The Morgan fingerprint density at radius 1 is 1.47 bits per heavy atom. The third-order valence-corrected chi connectivity index (χ3v) is 3.02. The molecule has 0 spiro atoms. The quantitative estimate of drug-likeness (QED) is 0.769. The summed E-state index contributed by atoms with van der Waals surface area (Å²) in [5.41, 5.74) is 0. The van der Waals surface area contributed by atoms with Gasteiger partial charge in [-0.1, -0.05) is 20.4 Å². The lowest BCUT2D eigenvalue weighted by Crippen LogP contribution is -2.45. The third-order valence-electron chi connectivity index (χ3n) is 3.02. The molecule has 0 amide bonds. The molecule has 1 rings (SSSR count). The second-order valence-electron chi connectivity index (χ2n) is 4.75. The van der Waals surface area contributed by atoms with Gasteiger partial charge in [0.2, 0.25) is 0 Å². The average molecular weight is 212 g/mol. The summed E-state index contributed by atoms with van der Waals surface area (Å²) in [5, 5.41) is 3.45. The number of ether oxygens (including phenoxy) is 1. The van der Waals surface area contributed by atoms with E-state index < -0.39 is 0 Å². The highest BCUT2D eigenvalue weighted by atomic mass is 16.5. The molecule has 1 saturated heterocycles. The van der Waals surface area contributed by atoms with E-state index in [0.717, 1.165) is 25.5 Å². The largest absolute Gasteiger partial charge is 0.375 e. The van der Waals surface area contributed by atoms with E-state index in [0.29, 0.717) is 18.1 Å². The van der Waals surface area contributed by atoms with Crippen molar-refractivity contribution in [1.82, 2.24) is 10.2 Å². The summed E-state index contributed by atoms with van der Waals surface area (Å²) in [6, 6.07) is 0.468. The van der Waals surface area contributed by atoms with Crippen molar-refractivity contribution < 1.29 is 4.74 Å². The minimum atomic E-state index is 0.312. The molecule has 0 bridgehead atoms. The van der Waals surface area contributed by atoms with Crippen molar-refractivity contribution in [3.8, 4) is 0 Å². The Kier molecular flexibility index (Phi) is 4.45. The van der Waals surface area contributed by atoms with Crippen LogP contribution in [0.15, 0.2) is 12.4 Å². The van der Waals surface area contributed by atoms with E-state index in [1.54, 1.807) is 0 Å². The van der Waals surface area contributed by atoms with Gasteiger partial charge >= 0.3 is 0 Å². The van der Waals surface area contributed by atoms with Gasteiger partial charge in [0.15, 0.2) is 0 Å². The first-order chi connectivity index (χ1) is 7.00. The standard InChI is InChI=1S/C12H24N2O/c1-9(2)11(4)13-12(5)14-6-7-15-10(3)8-14/h9-11,13H,5-8H2,1-4H3/t10-,11-/m1/s1. The van der Waals surface area contributed by atoms with E-state index in [-0.39, 0.29) is 0 Å². The van der Waals surface area contributed by atoms with Crippen molar-refractivity contribution in [3.63, 3.8) is 0 Å². The molecular formula is C12H24N2O. The van der Waals surface area contributed by atoms with E-state index in [9.17, 15) is 0 Å². The van der Waals surface area contributed by atoms with Crippen LogP contribution in [0.1, 0.15) is 27.7 Å². The summed E-state index contributed by atoms with van der Waals surface area (Å²) in [7, 11) is 0. The Bertz CT molecular complexity index is 216. The molecule has 1 N–H and O–H groups in total. The molecule has 88 valence electrons. The molecule has 0 saturated carbocycles. The summed E-state index contributed by atoms with van der Waals surface area (Å²) in [5.74, 6) is 1.66. The van der Waals surface area contributed by atoms with Crippen LogP contribution in [0.25, 0.3) is 0 Å². The summed E-state index contributed by atoms with van der Waals surface area (Å²) < 4.78 is 5.50. The van der Waals surface area contributed by atoms with Crippen molar-refractivity contribution in [2.24, 2.45) is 5.92 Å². The van der Waals surface area contributed by atoms with E-state index >= 15 is 0 Å². The van der Waals surface area contributed by atoms with Crippen LogP contribution >= 0.6 is 0 Å². The number of nitrogens with one attached hydrogen (secondary N) is 1. The van der Waals surface area contributed by atoms with Crippen molar-refractivity contribution in [2.45, 2.75) is 39.8 Å². The van der Waals surface area contributed by atoms with E-state index in [4.69, 9.17) is 4.74 Å². The Hall–Kier alpha value is -0.700. The van der Waals surface area contributed by atoms with Crippen LogP contribution in [0, 0.1) is 5.92 Å². The van der Waals surface area contributed by atoms with Crippen molar-refractivity contribution in [2.75, 3.05) is 19.7 Å². The second kappa shape index (κ2) is 5.40. The predicted molar refractivity (Wildman–Crippen MR) is 63.6 cm³/mol. The van der Waals surface area contributed by atoms with Crippen molar-refractivity contribution in [3.05, 3.63) is 12.4 Å². The minimum Gasteiger partial charge on any atom is -0.375 e. The average Bonchev–Trinajstić information content (AvgIpc) is 2.17. The van der Waals surface area contributed by atoms with Gasteiger partial charge in [0.1, 0.15) is 0 Å². The van der Waals surface area contributed by atoms with Gasteiger partial charge in [0.05, 0.1) is 18.5 Å². The molecule has 3 nitrogen and oxygen atoms in total. The lowest BCUT2D eigenvalue weighted by Gasteiger charge is -2.36. The summed E-state index contributed by atoms with van der Waals surface area (Å²) >= 11 is 0. The minimum absolute atomic E-state index is 0.312. The van der Waals surface area contributed by atoms with Gasteiger partial charge in [-0.3, -0.25) is 0 Å². The van der Waals surface area contributed by atoms with Gasteiger partial charge in [-0.2, -0.15) is 0 Å². The summed E-state index contributed by atoms with van der Waals surface area (Å²) in [6.07, 6.45) is 0.312. The van der Waals surface area contributed by atoms with Gasteiger partial charge in [0, 0.05) is 19.1 Å². The lowest BCUT2D eigenvalue weighted by molar-refractivity contribution is -0.00872. The molecule has 1 aliphatic heterocycles. The molecule has 0 aliphatic carbocycles. The van der Waals surface area contributed by atoms with Crippen LogP contribution in [-0.2, 0) is 4.74 Å². The zero-order valence-electron chi connectivity index (χ0n) is 10.4. The Morgan fingerprint density at radius 3 is 2.67 bits per heavy atom. The Morgan fingerprint density at radius 2 is 2.13 bits per heavy atom. The van der Waals surface area contributed by atoms with Gasteiger partial charge in [-0.25, -0.2) is 0 Å². The van der Waals surface area contributed by atoms with Gasteiger partial charge in [0.25, 0.3) is 0 Å². The van der Waals surface area contributed by atoms with Crippen LogP contribution in [0.2, 0.25) is 0 Å². The van der Waals surface area contributed by atoms with E-state index in [2.05, 4.69) is 44.5 Å². The molecular weight excluding hydrogens is 188 g/mol. The third kappa shape index (κ3) is 3.74. The maximum absolute atomic E-state index is 5.50. The summed E-state index contributed by atoms with van der Waals surface area (Å²) in [6.45, 7) is 15.5. The molecule has 1 heterocycles. The molecule has 1 aliphatic rings. The van der Waals surface area contributed by atoms with Crippen molar-refractivity contribution in [1.29, 1.82) is 0 Å². The molecule has 1 fully saturated rings. The van der Waals surface area contributed by atoms with Crippen LogP contribution < -0.4 is 5.32 Å². The molecule has 3 heteroatoms. The highest BCUT2D eigenvalue weighted by Crippen LogP contribution is 2.10. The van der Waals surface area contributed by atoms with E-state index in [1.165, 1.54) is 0 Å². The number of rotatable bonds is 4. The topological polar surface area (TPSA) is 24.5 Å². The maximum Gasteiger partial charge on any atom is 0.0942 e. The van der Waals surface area contributed by atoms with E-state index in [1.807, 2.05) is 0 Å². The van der Waals surface area contributed by atoms with Crippen LogP contribution in [0.5, 0.6) is 0 Å². The lowest BCUT2D eigenvalue weighted by atomic mass is 10.1. The molecule has 0 radical (unpaired) electrons. The fourth-order valence-corrected chi connectivity index (χ4v) is 1.58. The summed E-state index contributed by atoms with van der Waals surface area (Å²) in [4.78, 5) is 2.27. The molecule has 0 aromatic rings. The van der Waals surface area contributed by atoms with Crippen molar-refractivity contribution >= 4 is 0 Å². The highest BCUT2D eigenvalue weighted by Gasteiger charge is 2.19. The number of morpholine rings is 1. The first kappa shape index (κ1) is 12.4. The monoisotopic (exact) mass is 212 g/mol. The molecule has 0 aromatic carbocycles. The number of hydrogen-bond acceptors (Lipinski definition) is 3. The molecule has 0 aromatic heterocycles. The SMILES string of the molecule is C=C(N[C@H](C)C(C)C)N1CCO[C@H](C)C1. The fraction of sp³-hybridized carbons (Fsp3) is 0.833. The molecule has 0 unspecified atom stereocenters. The van der Waals surface area contributed by atoms with Crippen LogP contribution in [0.4, 0.5) is 0 Å². The maximum atomic E-state index is 5.50. The van der Waals surface area contributed by atoms with Crippen LogP contribution in [-0.4, -0.2) is 36.7 Å². The number of hydrogen-bond donors (Lipinski definition) is 1. The highest BCUT2D eigenvalue weighted by molar-refractivity contribution is 4.95. The Labute approximate surface area is 93.5 Å². The van der Waals surface area contributed by atoms with Gasteiger partial charge in [-0.15, -0.1) is 0 Å². The number of nitrogens with zero attached hydrogens (tertiary/aromatic N) is 1. The zero-order valence-corrected chi connectivity index (χ0v) is 10.4. The first-order valence-electron chi connectivity index (χ1n) is 5.82. The van der Waals surface area contributed by atoms with Gasteiger partial charge in [-0.05, 0) is 19.8 Å².